The summed E-state index contributed by atoms with van der Waals surface area (Å²) >= 11 is 0. The zero-order valence-corrected chi connectivity index (χ0v) is 55.1. The summed E-state index contributed by atoms with van der Waals surface area (Å²) in [6.07, 6.45) is -16.1. The Labute approximate surface area is 570 Å². The Bertz CT molecular complexity index is 8480. The van der Waals surface area contributed by atoms with Crippen molar-refractivity contribution in [2.75, 3.05) is 13.2 Å². The summed E-state index contributed by atoms with van der Waals surface area (Å²) in [4.78, 5) is 95.4. The van der Waals surface area contributed by atoms with Crippen LogP contribution in [0.4, 0.5) is 0 Å². The van der Waals surface area contributed by atoms with Gasteiger partial charge in [0.1, 0.15) is 31.5 Å². The largest absolute Gasteiger partial charge is 0.463 e. The molecule has 2 aliphatic rings. The topological polar surface area (TPSA) is 217 Å². The fourth-order valence-corrected chi connectivity index (χ4v) is 27.5. The Morgan fingerprint density at radius 1 is 0.231 bits per heavy atom. The summed E-state index contributed by atoms with van der Waals surface area (Å²) in [5.41, 5.74) is 1.80. The Kier molecular flexibility index (Phi) is 6.46. The molecule has 2 fully saturated rings. The lowest BCUT2D eigenvalue weighted by Crippen LogP contribution is -2.66. The van der Waals surface area contributed by atoms with Crippen molar-refractivity contribution >= 4 is 365 Å². The molecule has 0 amide bonds. The second-order valence-electron chi connectivity index (χ2n) is 32.5. The zero-order chi connectivity index (χ0) is 67.5. The zero-order valence-electron chi connectivity index (χ0n) is 55.1. The first kappa shape index (κ1) is 49.7. The number of aromatic nitrogens is 1. The minimum Gasteiger partial charge on any atom is -0.463 e. The van der Waals surface area contributed by atoms with Crippen molar-refractivity contribution < 1.29 is 80.9 Å². The van der Waals surface area contributed by atoms with E-state index in [1.165, 1.54) is 319 Å². The van der Waals surface area contributed by atoms with E-state index in [1.807, 2.05) is 0 Å². The van der Waals surface area contributed by atoms with Gasteiger partial charge in [0.15, 0.2) is 43.0 Å². The van der Waals surface area contributed by atoms with Gasteiger partial charge in [0.05, 0.1) is 11.0 Å². The molecule has 0 N–H and O–H groups in total. The van der Waals surface area contributed by atoms with E-state index in [4.69, 9.17) is 47.4 Å². The van der Waals surface area contributed by atoms with Gasteiger partial charge in [-0.15, -0.1) is 0 Å². The second kappa shape index (κ2) is 13.5. The van der Waals surface area contributed by atoms with Gasteiger partial charge >= 0.3 is 41.8 Å². The molecule has 0 radical (unpaired) electrons. The first-order valence-electron chi connectivity index (χ1n) is 36.0. The number of fused-ring (bicyclic) bond motifs is 5. The summed E-state index contributed by atoms with van der Waals surface area (Å²) in [7, 11) is 0. The Hall–Kier alpha value is -11.8. The highest BCUT2D eigenvalue weighted by Gasteiger charge is 2.60. The van der Waals surface area contributed by atoms with Crippen molar-refractivity contribution in [3.8, 4) is 0 Å². The number of hydrogen-bond donors (Lipinski definition) is 0. The summed E-state index contributed by atoms with van der Waals surface area (Å²) < 4.78 is 67.1. The minimum atomic E-state index is -1.86. The number of hydrogen-bond acceptors (Lipinski definition) is 17. The van der Waals surface area contributed by atoms with Gasteiger partial charge in [-0.05, 0) is 0 Å². The lowest BCUT2D eigenvalue weighted by atomic mass is 9.84. The van der Waals surface area contributed by atoms with Crippen molar-refractivity contribution in [3.05, 3.63) is 0 Å². The fraction of sp³-hybridized carbons (Fsp3) is 0.221. The molecule has 0 saturated carbocycles. The van der Waals surface area contributed by atoms with E-state index in [0.29, 0.717) is 0 Å². The number of carbonyl (C=O) groups is 7. The van der Waals surface area contributed by atoms with Crippen molar-refractivity contribution in [1.29, 1.82) is 0 Å². The lowest BCUT2D eigenvalue weighted by molar-refractivity contribution is -0.349. The van der Waals surface area contributed by atoms with E-state index in [1.54, 1.807) is 0 Å². The van der Waals surface area contributed by atoms with Gasteiger partial charge in [-0.2, -0.15) is 0 Å². The average molecular weight is 1350 g/mol. The van der Waals surface area contributed by atoms with Gasteiger partial charge in [-0.25, -0.2) is 0 Å². The third-order valence-electron chi connectivity index (χ3n) is 28.8. The van der Waals surface area contributed by atoms with E-state index in [2.05, 4.69) is 4.57 Å². The fourth-order valence-electron chi connectivity index (χ4n) is 27.5. The van der Waals surface area contributed by atoms with Crippen LogP contribution in [0.3, 0.4) is 0 Å². The molecule has 2 aliphatic heterocycles. The first-order valence-corrected chi connectivity index (χ1v) is 36.0. The van der Waals surface area contributed by atoms with Gasteiger partial charge in [0.2, 0.25) is 0 Å². The quantitative estimate of drug-likeness (QED) is 0.0481. The molecule has 0 spiro atoms. The summed E-state index contributed by atoms with van der Waals surface area (Å²) in [5.74, 6) is -5.54. The summed E-state index contributed by atoms with van der Waals surface area (Å²) in [6, 6.07) is 0. The average Bonchev–Trinajstić information content (AvgIpc) is 1.39. The monoisotopic (exact) mass is 1350 g/mol. The lowest BCUT2D eigenvalue weighted by Gasteiger charge is -2.49. The normalized spacial score (nSPS) is 23.8. The predicted molar refractivity (Wildman–Crippen MR) is 396 cm³/mol. The molecule has 18 heteroatoms. The standard InChI is InChI=1S/C86H35NO17/c1-10(88)95-8-17-80(104-86-84(101-16(7)94)82(99-14(5)92)79(97-12(3)90)18(103-86)9-96-11(2)89)81(98-13(4)91)83(100-15(6)93)85(102-17)87-77-73-66-59-47-39-30-21-19-20-22-25(21)34-41(39)49-50-42(34)40-31(22)33-29-24(20)27-26-23(19)28-32(30)45(47)53-51-37(28)35(26)43-44-36(27)38(29)52-54-46(33)48(40)60-62(50)71(70(73)61(49)59)74-67(60)65(54)69-58(52)56(44)63-55(43)57(51)68(64(53)66)75(77)72(63)76(69)78(74)87/h17-18,79-86H,8-9H2,1-7H3/t17-,18-,79-,80-,81+,82+,83-,84-,85-,86-/m1/s1. The number of benzene rings is 19. The number of carbonyl (C=O) groups excluding carboxylic acids is 7. The molecule has 18 nitrogen and oxygen atoms in total. The number of ether oxygens (including phenoxy) is 10. The van der Waals surface area contributed by atoms with E-state index >= 15 is 0 Å². The number of rotatable bonds is 12. The third-order valence-corrected chi connectivity index (χ3v) is 28.8. The van der Waals surface area contributed by atoms with Crippen LogP contribution in [0.1, 0.15) is 54.7 Å². The van der Waals surface area contributed by atoms with Crippen molar-refractivity contribution in [1.82, 2.24) is 4.57 Å². The summed E-state index contributed by atoms with van der Waals surface area (Å²) in [5, 5.41) is 78.2. The van der Waals surface area contributed by atoms with Crippen LogP contribution in [0.2, 0.25) is 0 Å². The van der Waals surface area contributed by atoms with Crippen LogP contribution < -0.4 is 0 Å². The Morgan fingerprint density at radius 3 is 0.663 bits per heavy atom. The Balaban J connectivity index is 0.790. The minimum absolute atomic E-state index is 0.539. The smallest absolute Gasteiger partial charge is 0.303 e. The molecule has 1 aromatic heterocycles. The molecule has 0 unspecified atom stereocenters. The molecule has 0 bridgehead atoms. The molecule has 3 heterocycles. The maximum Gasteiger partial charge on any atom is 0.303 e. The summed E-state index contributed by atoms with van der Waals surface area (Å²) in [6.45, 7) is 7.24. The molecule has 486 valence electrons. The second-order valence-corrected chi connectivity index (χ2v) is 32.5. The maximum absolute atomic E-state index is 14.8. The van der Waals surface area contributed by atoms with Crippen molar-refractivity contribution in [2.24, 2.45) is 0 Å². The number of esters is 7. The van der Waals surface area contributed by atoms with Crippen LogP contribution in [0.15, 0.2) is 0 Å². The van der Waals surface area contributed by atoms with Crippen LogP contribution in [0, 0.1) is 0 Å². The van der Waals surface area contributed by atoms with Crippen LogP contribution in [-0.2, 0) is 80.9 Å². The molecular formula is C86H35NO17. The van der Waals surface area contributed by atoms with E-state index < -0.39 is 116 Å². The van der Waals surface area contributed by atoms with Crippen LogP contribution in [0.25, 0.3) is 323 Å². The molecule has 104 heavy (non-hydrogen) atoms. The van der Waals surface area contributed by atoms with Crippen molar-refractivity contribution in [3.63, 3.8) is 0 Å². The first-order chi connectivity index (χ1) is 50.6. The van der Waals surface area contributed by atoms with Gasteiger partial charge in [0.25, 0.3) is 0 Å². The molecular weight excluding hydrogens is 1320 g/mol. The highest BCUT2D eigenvalue weighted by Crippen LogP contribution is 2.80. The van der Waals surface area contributed by atoms with Crippen LogP contribution >= 0.6 is 0 Å². The highest BCUT2D eigenvalue weighted by atomic mass is 16.8. The number of pyridine rings is 1. The Morgan fingerprint density at radius 2 is 0.423 bits per heavy atom. The number of nitrogens with zero attached hydrogens (tertiary/aromatic N) is 1. The molecule has 33 rings (SSSR count). The predicted octanol–water partition coefficient (Wildman–Crippen LogP) is 16.9. The van der Waals surface area contributed by atoms with Crippen LogP contribution in [0.5, 0.6) is 0 Å². The molecule has 2 saturated heterocycles. The molecule has 10 atom stereocenters. The van der Waals surface area contributed by atoms with Crippen LogP contribution in [-0.4, -0.2) is 115 Å². The third kappa shape index (κ3) is 3.87. The van der Waals surface area contributed by atoms with Gasteiger partial charge in [-0.3, -0.25) is 33.6 Å². The maximum atomic E-state index is 14.8. The van der Waals surface area contributed by atoms with E-state index in [-0.39, 0.29) is 0 Å². The molecule has 31 aromatic rings. The van der Waals surface area contributed by atoms with E-state index in [0.717, 1.165) is 53.3 Å². The van der Waals surface area contributed by atoms with Gasteiger partial charge in [0, 0.05) is 361 Å². The van der Waals surface area contributed by atoms with Gasteiger partial charge < -0.3 is 51.9 Å². The highest BCUT2D eigenvalue weighted by molar-refractivity contribution is 6.84. The SMILES string of the molecule is CC(=O)OC[C@H]1O[C@@H](n2c3c4c5c6c7c8c9c%10c%11c%12c%13c%10c%10c8c8c%14c%10c%10c%13c%13c%15c%12c%12c%16c%11c%11c9c7c7c9c%11c%16c%11c%16c%12c%15c%12c%15c%13c%10c%10c%14c(c4c86)c4c%10c%15c6c%12c%16c8c%11c9c(c75)c3c8c6c42)[C@H](OC(C)=O)[C@@H](OC(C)=O)[C@@H]1O[C@H]1O[C@H](COC(C)=O)[C@@H](OC(C)=O)[C@H](OC(C)=O)[C@H]1OC(C)=O. The van der Waals surface area contributed by atoms with E-state index in [9.17, 15) is 33.6 Å². The van der Waals surface area contributed by atoms with Crippen molar-refractivity contribution in [2.45, 2.75) is 110 Å². The molecule has 0 aliphatic carbocycles. The molecule has 30 aromatic carbocycles. The van der Waals surface area contributed by atoms with Gasteiger partial charge in [-0.1, -0.05) is 0 Å².